The van der Waals surface area contributed by atoms with Crippen LogP contribution in [0.3, 0.4) is 0 Å². The summed E-state index contributed by atoms with van der Waals surface area (Å²) in [6, 6.07) is 3.87. The number of rotatable bonds is 6. The Morgan fingerprint density at radius 3 is 2.94 bits per heavy atom. The lowest BCUT2D eigenvalue weighted by molar-refractivity contribution is -0.121. The average molecular weight is 248 g/mol. The molecule has 5 heteroatoms. The molecule has 1 fully saturated rings. The molecule has 0 saturated heterocycles. The van der Waals surface area contributed by atoms with Gasteiger partial charge in [-0.2, -0.15) is 0 Å². The Morgan fingerprint density at radius 2 is 2.28 bits per heavy atom. The maximum absolute atomic E-state index is 11.4. The molecular formula is C13H16N2O3. The monoisotopic (exact) mass is 248 g/mol. The Bertz CT molecular complexity index is 433. The SMILES string of the molecule is O=C(C=Cc1ccco1)NCCC(=O)NC1CC1. The van der Waals surface area contributed by atoms with Gasteiger partial charge in [0.1, 0.15) is 5.76 Å². The molecule has 1 saturated carbocycles. The van der Waals surface area contributed by atoms with Gasteiger partial charge in [0, 0.05) is 25.1 Å². The largest absolute Gasteiger partial charge is 0.465 e. The Hall–Kier alpha value is -2.04. The summed E-state index contributed by atoms with van der Waals surface area (Å²) in [7, 11) is 0. The zero-order valence-corrected chi connectivity index (χ0v) is 10.0. The minimum Gasteiger partial charge on any atom is -0.465 e. The predicted molar refractivity (Wildman–Crippen MR) is 66.5 cm³/mol. The summed E-state index contributed by atoms with van der Waals surface area (Å²) in [5.41, 5.74) is 0. The van der Waals surface area contributed by atoms with Gasteiger partial charge in [0.15, 0.2) is 0 Å². The lowest BCUT2D eigenvalue weighted by Crippen LogP contribution is -2.30. The second kappa shape index (κ2) is 6.05. The third kappa shape index (κ3) is 4.45. The van der Waals surface area contributed by atoms with Crippen LogP contribution in [0.1, 0.15) is 25.0 Å². The average Bonchev–Trinajstić information content (AvgIpc) is 2.99. The summed E-state index contributed by atoms with van der Waals surface area (Å²) in [5, 5.41) is 5.50. The Labute approximate surface area is 105 Å². The summed E-state index contributed by atoms with van der Waals surface area (Å²) in [4.78, 5) is 22.7. The van der Waals surface area contributed by atoms with Gasteiger partial charge in [0.2, 0.25) is 11.8 Å². The summed E-state index contributed by atoms with van der Waals surface area (Å²) in [6.07, 6.45) is 6.97. The minimum atomic E-state index is -0.231. The van der Waals surface area contributed by atoms with E-state index in [0.29, 0.717) is 24.8 Å². The van der Waals surface area contributed by atoms with E-state index < -0.39 is 0 Å². The molecule has 0 spiro atoms. The molecule has 1 aliphatic carbocycles. The Morgan fingerprint density at radius 1 is 1.44 bits per heavy atom. The summed E-state index contributed by atoms with van der Waals surface area (Å²) >= 11 is 0. The predicted octanol–water partition coefficient (Wildman–Crippen LogP) is 1.08. The second-order valence-electron chi connectivity index (χ2n) is 4.23. The third-order valence-corrected chi connectivity index (χ3v) is 2.54. The number of hydrogen-bond acceptors (Lipinski definition) is 3. The molecular weight excluding hydrogens is 232 g/mol. The highest BCUT2D eigenvalue weighted by Gasteiger charge is 2.22. The smallest absolute Gasteiger partial charge is 0.244 e. The van der Waals surface area contributed by atoms with Crippen LogP contribution >= 0.6 is 0 Å². The highest BCUT2D eigenvalue weighted by atomic mass is 16.3. The van der Waals surface area contributed by atoms with Crippen LogP contribution in [0.15, 0.2) is 28.9 Å². The first kappa shape index (κ1) is 12.4. The van der Waals surface area contributed by atoms with E-state index in [1.54, 1.807) is 24.5 Å². The van der Waals surface area contributed by atoms with Crippen LogP contribution in [-0.2, 0) is 9.59 Å². The summed E-state index contributed by atoms with van der Waals surface area (Å²) < 4.78 is 5.05. The van der Waals surface area contributed by atoms with Crippen molar-refractivity contribution in [2.75, 3.05) is 6.54 Å². The highest BCUT2D eigenvalue weighted by Crippen LogP contribution is 2.18. The van der Waals surface area contributed by atoms with Gasteiger partial charge in [-0.3, -0.25) is 9.59 Å². The number of furan rings is 1. The number of amides is 2. The lowest BCUT2D eigenvalue weighted by atomic mass is 10.3. The van der Waals surface area contributed by atoms with Crippen LogP contribution in [0.5, 0.6) is 0 Å². The van der Waals surface area contributed by atoms with Crippen LogP contribution in [0.2, 0.25) is 0 Å². The molecule has 2 amide bonds. The molecule has 5 nitrogen and oxygen atoms in total. The van der Waals surface area contributed by atoms with E-state index in [-0.39, 0.29) is 11.8 Å². The van der Waals surface area contributed by atoms with Crippen LogP contribution in [0.4, 0.5) is 0 Å². The van der Waals surface area contributed by atoms with Crippen molar-refractivity contribution in [2.24, 2.45) is 0 Å². The topological polar surface area (TPSA) is 71.3 Å². The summed E-state index contributed by atoms with van der Waals surface area (Å²) in [6.45, 7) is 0.347. The fraction of sp³-hybridized carbons (Fsp3) is 0.385. The molecule has 0 radical (unpaired) electrons. The van der Waals surface area contributed by atoms with E-state index in [1.807, 2.05) is 0 Å². The van der Waals surface area contributed by atoms with Crippen molar-refractivity contribution in [1.29, 1.82) is 0 Å². The van der Waals surface area contributed by atoms with Gasteiger partial charge in [0.05, 0.1) is 6.26 Å². The fourth-order valence-corrected chi connectivity index (χ4v) is 1.43. The van der Waals surface area contributed by atoms with E-state index in [9.17, 15) is 9.59 Å². The van der Waals surface area contributed by atoms with Crippen molar-refractivity contribution in [1.82, 2.24) is 10.6 Å². The van der Waals surface area contributed by atoms with Crippen LogP contribution in [0.25, 0.3) is 6.08 Å². The van der Waals surface area contributed by atoms with Crippen LogP contribution < -0.4 is 10.6 Å². The van der Waals surface area contributed by atoms with Crippen molar-refractivity contribution in [3.63, 3.8) is 0 Å². The number of carbonyl (C=O) groups is 2. The van der Waals surface area contributed by atoms with Crippen molar-refractivity contribution in [3.8, 4) is 0 Å². The molecule has 1 aromatic rings. The molecule has 0 bridgehead atoms. The lowest BCUT2D eigenvalue weighted by Gasteiger charge is -2.03. The van der Waals surface area contributed by atoms with E-state index in [4.69, 9.17) is 4.42 Å². The Balaban J connectivity index is 1.60. The summed E-state index contributed by atoms with van der Waals surface area (Å²) in [5.74, 6) is 0.384. The normalized spacial score (nSPS) is 14.7. The van der Waals surface area contributed by atoms with Crippen molar-refractivity contribution in [2.45, 2.75) is 25.3 Å². The first-order valence-corrected chi connectivity index (χ1v) is 6.03. The molecule has 18 heavy (non-hydrogen) atoms. The van der Waals surface area contributed by atoms with Gasteiger partial charge in [0.25, 0.3) is 0 Å². The molecule has 2 rings (SSSR count). The molecule has 96 valence electrons. The highest BCUT2D eigenvalue weighted by molar-refractivity contribution is 5.91. The van der Waals surface area contributed by atoms with Crippen molar-refractivity contribution in [3.05, 3.63) is 30.2 Å². The number of hydrogen-bond donors (Lipinski definition) is 2. The van der Waals surface area contributed by atoms with E-state index in [0.717, 1.165) is 12.8 Å². The molecule has 0 aliphatic heterocycles. The molecule has 0 unspecified atom stereocenters. The molecule has 1 aromatic heterocycles. The maximum atomic E-state index is 11.4. The fourth-order valence-electron chi connectivity index (χ4n) is 1.43. The first-order chi connectivity index (χ1) is 8.74. The van der Waals surface area contributed by atoms with Gasteiger partial charge in [-0.05, 0) is 31.1 Å². The van der Waals surface area contributed by atoms with Crippen LogP contribution in [-0.4, -0.2) is 24.4 Å². The second-order valence-corrected chi connectivity index (χ2v) is 4.23. The van der Waals surface area contributed by atoms with Crippen LogP contribution in [0, 0.1) is 0 Å². The third-order valence-electron chi connectivity index (χ3n) is 2.54. The van der Waals surface area contributed by atoms with Crippen molar-refractivity contribution < 1.29 is 14.0 Å². The van der Waals surface area contributed by atoms with Crippen molar-refractivity contribution >= 4 is 17.9 Å². The first-order valence-electron chi connectivity index (χ1n) is 6.03. The van der Waals surface area contributed by atoms with E-state index >= 15 is 0 Å². The van der Waals surface area contributed by atoms with E-state index in [2.05, 4.69) is 10.6 Å². The quantitative estimate of drug-likeness (QED) is 0.740. The minimum absolute atomic E-state index is 0.00665. The van der Waals surface area contributed by atoms with Gasteiger partial charge < -0.3 is 15.1 Å². The Kier molecular flexibility index (Phi) is 4.17. The number of carbonyl (C=O) groups excluding carboxylic acids is 2. The zero-order valence-electron chi connectivity index (χ0n) is 10.0. The molecule has 0 aromatic carbocycles. The standard InChI is InChI=1S/C13H16N2O3/c16-12(6-5-11-2-1-9-18-11)14-8-7-13(17)15-10-3-4-10/h1-2,5-6,9-10H,3-4,7-8H2,(H,14,16)(H,15,17). The molecule has 1 aliphatic rings. The van der Waals surface area contributed by atoms with E-state index in [1.165, 1.54) is 6.08 Å². The maximum Gasteiger partial charge on any atom is 0.244 e. The zero-order chi connectivity index (χ0) is 12.8. The van der Waals surface area contributed by atoms with Gasteiger partial charge in [-0.25, -0.2) is 0 Å². The number of nitrogens with one attached hydrogen (secondary N) is 2. The van der Waals surface area contributed by atoms with Gasteiger partial charge >= 0.3 is 0 Å². The molecule has 2 N–H and O–H groups in total. The molecule has 0 atom stereocenters. The molecule has 1 heterocycles. The van der Waals surface area contributed by atoms with Gasteiger partial charge in [-0.15, -0.1) is 0 Å². The van der Waals surface area contributed by atoms with Gasteiger partial charge in [-0.1, -0.05) is 0 Å².